The molecule has 13 heavy (non-hydrogen) atoms. The fourth-order valence-electron chi connectivity index (χ4n) is 1.24. The Bertz CT molecular complexity index is 382. The first-order chi connectivity index (χ1) is 6.36. The smallest absolute Gasteiger partial charge is 0.241 e. The Kier molecular flexibility index (Phi) is 2.08. The zero-order valence-electron chi connectivity index (χ0n) is 7.07. The van der Waals surface area contributed by atoms with Crippen LogP contribution < -0.4 is 4.57 Å². The van der Waals surface area contributed by atoms with Crippen LogP contribution in [-0.2, 0) is 6.54 Å². The minimum absolute atomic E-state index is 0.156. The van der Waals surface area contributed by atoms with E-state index < -0.39 is 0 Å². The van der Waals surface area contributed by atoms with Crippen molar-refractivity contribution in [3.8, 4) is 0 Å². The second-order valence-corrected chi connectivity index (χ2v) is 2.88. The number of aromatic amines is 1. The Labute approximate surface area is 75.7 Å². The van der Waals surface area contributed by atoms with E-state index in [1.807, 2.05) is 16.8 Å². The van der Waals surface area contributed by atoms with Gasteiger partial charge in [0.05, 0.1) is 0 Å². The molecule has 1 N–H and O–H groups in total. The fourth-order valence-corrected chi connectivity index (χ4v) is 1.24. The van der Waals surface area contributed by atoms with Crippen molar-refractivity contribution in [2.75, 3.05) is 0 Å². The monoisotopic (exact) mass is 177 g/mol. The molecule has 1 aromatic carbocycles. The SMILES string of the molecule is Fc1ccccc1C[n+]1cc[nH]c1. The summed E-state index contributed by atoms with van der Waals surface area (Å²) < 4.78 is 15.0. The zero-order chi connectivity index (χ0) is 9.10. The summed E-state index contributed by atoms with van der Waals surface area (Å²) >= 11 is 0. The van der Waals surface area contributed by atoms with Crippen molar-refractivity contribution < 1.29 is 8.96 Å². The molecule has 2 nitrogen and oxygen atoms in total. The molecular weight excluding hydrogens is 167 g/mol. The van der Waals surface area contributed by atoms with Crippen LogP contribution >= 0.6 is 0 Å². The van der Waals surface area contributed by atoms with Gasteiger partial charge < -0.3 is 0 Å². The van der Waals surface area contributed by atoms with E-state index in [0.717, 1.165) is 0 Å². The highest BCUT2D eigenvalue weighted by Crippen LogP contribution is 2.04. The van der Waals surface area contributed by atoms with Crippen LogP contribution in [-0.4, -0.2) is 4.98 Å². The third kappa shape index (κ3) is 1.75. The van der Waals surface area contributed by atoms with E-state index in [0.29, 0.717) is 12.1 Å². The first-order valence-corrected chi connectivity index (χ1v) is 4.11. The first kappa shape index (κ1) is 7.98. The summed E-state index contributed by atoms with van der Waals surface area (Å²) in [6.45, 7) is 0.566. The van der Waals surface area contributed by atoms with Gasteiger partial charge in [-0.2, -0.15) is 0 Å². The third-order valence-electron chi connectivity index (χ3n) is 1.91. The highest BCUT2D eigenvalue weighted by molar-refractivity contribution is 5.15. The van der Waals surface area contributed by atoms with Gasteiger partial charge in [-0.05, 0) is 6.07 Å². The molecule has 1 aromatic heterocycles. The minimum atomic E-state index is -0.156. The van der Waals surface area contributed by atoms with E-state index >= 15 is 0 Å². The van der Waals surface area contributed by atoms with Crippen molar-refractivity contribution in [2.45, 2.75) is 6.54 Å². The van der Waals surface area contributed by atoms with Gasteiger partial charge in [-0.3, -0.25) is 4.98 Å². The summed E-state index contributed by atoms with van der Waals surface area (Å²) in [6, 6.07) is 6.80. The molecule has 2 aromatic rings. The lowest BCUT2D eigenvalue weighted by molar-refractivity contribution is -0.687. The van der Waals surface area contributed by atoms with Crippen LogP contribution in [0.4, 0.5) is 4.39 Å². The van der Waals surface area contributed by atoms with Crippen molar-refractivity contribution in [3.63, 3.8) is 0 Å². The van der Waals surface area contributed by atoms with E-state index in [2.05, 4.69) is 4.98 Å². The lowest BCUT2D eigenvalue weighted by Crippen LogP contribution is -2.31. The van der Waals surface area contributed by atoms with Crippen LogP contribution in [0.2, 0.25) is 0 Å². The molecule has 2 rings (SSSR count). The molecule has 0 aliphatic rings. The second kappa shape index (κ2) is 3.39. The molecule has 0 spiro atoms. The van der Waals surface area contributed by atoms with Crippen molar-refractivity contribution in [2.24, 2.45) is 0 Å². The molecule has 0 fully saturated rings. The molecule has 0 aliphatic heterocycles. The number of nitrogens with one attached hydrogen (secondary N) is 1. The van der Waals surface area contributed by atoms with Gasteiger partial charge in [-0.25, -0.2) is 8.96 Å². The molecule has 0 atom stereocenters. The fraction of sp³-hybridized carbons (Fsp3) is 0.100. The number of benzene rings is 1. The van der Waals surface area contributed by atoms with Gasteiger partial charge in [-0.1, -0.05) is 18.2 Å². The van der Waals surface area contributed by atoms with E-state index in [1.165, 1.54) is 6.07 Å². The molecule has 0 aliphatic carbocycles. The van der Waals surface area contributed by atoms with Crippen LogP contribution in [0.15, 0.2) is 43.0 Å². The Hall–Kier alpha value is -1.64. The van der Waals surface area contributed by atoms with Crippen LogP contribution in [0.25, 0.3) is 0 Å². The van der Waals surface area contributed by atoms with Crippen molar-refractivity contribution in [3.05, 3.63) is 54.4 Å². The maximum atomic E-state index is 13.2. The van der Waals surface area contributed by atoms with Gasteiger partial charge in [0.1, 0.15) is 24.8 Å². The molecule has 0 saturated carbocycles. The molecule has 0 bridgehead atoms. The topological polar surface area (TPSA) is 19.7 Å². The van der Waals surface area contributed by atoms with Crippen LogP contribution in [0, 0.1) is 5.82 Å². The van der Waals surface area contributed by atoms with Crippen molar-refractivity contribution >= 4 is 0 Å². The summed E-state index contributed by atoms with van der Waals surface area (Å²) in [6.07, 6.45) is 5.47. The van der Waals surface area contributed by atoms with Gasteiger partial charge in [0.25, 0.3) is 0 Å². The summed E-state index contributed by atoms with van der Waals surface area (Å²) in [5, 5.41) is 0. The molecular formula is C10H10FN2+. The minimum Gasteiger partial charge on any atom is -0.250 e. The molecule has 0 amide bonds. The Morgan fingerprint density at radius 3 is 2.85 bits per heavy atom. The van der Waals surface area contributed by atoms with E-state index in [4.69, 9.17) is 0 Å². The average Bonchev–Trinajstić information content (AvgIpc) is 2.61. The summed E-state index contributed by atoms with van der Waals surface area (Å²) in [5.74, 6) is -0.156. The van der Waals surface area contributed by atoms with E-state index in [1.54, 1.807) is 24.7 Å². The van der Waals surface area contributed by atoms with Crippen molar-refractivity contribution in [1.82, 2.24) is 4.98 Å². The third-order valence-corrected chi connectivity index (χ3v) is 1.91. The number of halogens is 1. The maximum absolute atomic E-state index is 13.2. The summed E-state index contributed by atoms with van der Waals surface area (Å²) in [5.41, 5.74) is 0.701. The largest absolute Gasteiger partial charge is 0.250 e. The predicted molar refractivity (Wildman–Crippen MR) is 46.5 cm³/mol. The highest BCUT2D eigenvalue weighted by atomic mass is 19.1. The predicted octanol–water partition coefficient (Wildman–Crippen LogP) is 1.49. The number of imidazole rings is 1. The molecule has 3 heteroatoms. The van der Waals surface area contributed by atoms with E-state index in [9.17, 15) is 4.39 Å². The lowest BCUT2D eigenvalue weighted by Gasteiger charge is -1.98. The van der Waals surface area contributed by atoms with Gasteiger partial charge in [0.15, 0.2) is 0 Å². The first-order valence-electron chi connectivity index (χ1n) is 4.11. The normalized spacial score (nSPS) is 10.2. The quantitative estimate of drug-likeness (QED) is 0.670. The van der Waals surface area contributed by atoms with E-state index in [-0.39, 0.29) is 5.82 Å². The number of hydrogen-bond donors (Lipinski definition) is 1. The van der Waals surface area contributed by atoms with Crippen molar-refractivity contribution in [1.29, 1.82) is 0 Å². The van der Waals surface area contributed by atoms with Crippen LogP contribution in [0.5, 0.6) is 0 Å². The number of H-pyrrole nitrogens is 1. The summed E-state index contributed by atoms with van der Waals surface area (Å²) in [4.78, 5) is 2.91. The van der Waals surface area contributed by atoms with Gasteiger partial charge in [-0.15, -0.1) is 0 Å². The number of aromatic nitrogens is 2. The lowest BCUT2D eigenvalue weighted by atomic mass is 10.2. The number of nitrogens with zero attached hydrogens (tertiary/aromatic N) is 1. The second-order valence-electron chi connectivity index (χ2n) is 2.88. The average molecular weight is 177 g/mol. The molecule has 0 radical (unpaired) electrons. The van der Waals surface area contributed by atoms with Gasteiger partial charge >= 0.3 is 0 Å². The Morgan fingerprint density at radius 1 is 1.31 bits per heavy atom. The van der Waals surface area contributed by atoms with Crippen LogP contribution in [0.1, 0.15) is 5.56 Å². The summed E-state index contributed by atoms with van der Waals surface area (Å²) in [7, 11) is 0. The highest BCUT2D eigenvalue weighted by Gasteiger charge is 2.03. The number of rotatable bonds is 2. The van der Waals surface area contributed by atoms with Gasteiger partial charge in [0.2, 0.25) is 6.33 Å². The zero-order valence-corrected chi connectivity index (χ0v) is 7.07. The van der Waals surface area contributed by atoms with Gasteiger partial charge in [0, 0.05) is 5.56 Å². The Morgan fingerprint density at radius 2 is 2.15 bits per heavy atom. The maximum Gasteiger partial charge on any atom is 0.241 e. The number of hydrogen-bond acceptors (Lipinski definition) is 0. The molecule has 66 valence electrons. The molecule has 0 saturated heterocycles. The molecule has 1 heterocycles. The standard InChI is InChI=1S/C10H9FN2/c11-10-4-2-1-3-9(10)7-13-6-5-12-8-13/h1-6,8H,7H2/p+1. The Balaban J connectivity index is 2.24. The molecule has 0 unspecified atom stereocenters. The van der Waals surface area contributed by atoms with Crippen LogP contribution in [0.3, 0.4) is 0 Å².